The van der Waals surface area contributed by atoms with Gasteiger partial charge in [0.25, 0.3) is 10.2 Å². The summed E-state index contributed by atoms with van der Waals surface area (Å²) in [7, 11) is -1.24. The third-order valence-corrected chi connectivity index (χ3v) is 6.65. The fourth-order valence-corrected chi connectivity index (χ4v) is 5.10. The summed E-state index contributed by atoms with van der Waals surface area (Å²) in [5, 5.41) is 3.17. The first kappa shape index (κ1) is 16.2. The van der Waals surface area contributed by atoms with Crippen molar-refractivity contribution in [1.29, 1.82) is 0 Å². The van der Waals surface area contributed by atoms with Crippen molar-refractivity contribution in [2.45, 2.75) is 39.0 Å². The van der Waals surface area contributed by atoms with Crippen LogP contribution < -0.4 is 5.32 Å². The van der Waals surface area contributed by atoms with Crippen LogP contribution in [0.3, 0.4) is 0 Å². The monoisotopic (exact) mass is 303 g/mol. The molecular formula is C14H29N3O2S. The molecule has 0 saturated carbocycles. The maximum atomic E-state index is 12.6. The fraction of sp³-hybridized carbons (Fsp3) is 1.00. The summed E-state index contributed by atoms with van der Waals surface area (Å²) >= 11 is 0. The van der Waals surface area contributed by atoms with E-state index < -0.39 is 10.2 Å². The normalized spacial score (nSPS) is 27.8. The highest BCUT2D eigenvalue weighted by atomic mass is 32.2. The molecule has 2 saturated heterocycles. The molecule has 6 heteroatoms. The third kappa shape index (κ3) is 3.93. The Morgan fingerprint density at radius 3 is 2.40 bits per heavy atom. The van der Waals surface area contributed by atoms with E-state index in [1.165, 1.54) is 0 Å². The molecule has 0 aromatic rings. The van der Waals surface area contributed by atoms with Crippen molar-refractivity contribution in [2.75, 3.05) is 39.8 Å². The van der Waals surface area contributed by atoms with Crippen molar-refractivity contribution in [3.63, 3.8) is 0 Å². The minimum absolute atomic E-state index is 0.492. The van der Waals surface area contributed by atoms with Crippen molar-refractivity contribution in [1.82, 2.24) is 13.9 Å². The van der Waals surface area contributed by atoms with Crippen LogP contribution in [0.1, 0.15) is 39.0 Å². The van der Waals surface area contributed by atoms with E-state index in [-0.39, 0.29) is 0 Å². The molecule has 2 aliphatic rings. The molecule has 2 heterocycles. The van der Waals surface area contributed by atoms with E-state index in [0.29, 0.717) is 38.0 Å². The van der Waals surface area contributed by atoms with Crippen molar-refractivity contribution >= 4 is 10.2 Å². The average Bonchev–Trinajstić information content (AvgIpc) is 2.45. The Bertz CT molecular complexity index is 391. The van der Waals surface area contributed by atoms with Gasteiger partial charge >= 0.3 is 0 Å². The molecule has 0 spiro atoms. The molecule has 1 unspecified atom stereocenters. The second kappa shape index (κ2) is 7.20. The quantitative estimate of drug-likeness (QED) is 0.832. The van der Waals surface area contributed by atoms with E-state index in [1.54, 1.807) is 8.61 Å². The number of nitrogens with zero attached hydrogens (tertiary/aromatic N) is 2. The smallest absolute Gasteiger partial charge is 0.281 e. The van der Waals surface area contributed by atoms with Crippen LogP contribution in [0, 0.1) is 11.8 Å². The molecule has 1 atom stereocenters. The van der Waals surface area contributed by atoms with Gasteiger partial charge in [-0.1, -0.05) is 6.92 Å². The Kier molecular flexibility index (Phi) is 5.84. The van der Waals surface area contributed by atoms with E-state index in [2.05, 4.69) is 12.2 Å². The molecular weight excluding hydrogens is 274 g/mol. The van der Waals surface area contributed by atoms with Crippen LogP contribution in [0.2, 0.25) is 0 Å². The van der Waals surface area contributed by atoms with Gasteiger partial charge in [-0.25, -0.2) is 0 Å². The van der Waals surface area contributed by atoms with Gasteiger partial charge in [-0.05, 0) is 57.5 Å². The van der Waals surface area contributed by atoms with Crippen molar-refractivity contribution in [2.24, 2.45) is 11.8 Å². The first-order chi connectivity index (χ1) is 9.54. The van der Waals surface area contributed by atoms with Gasteiger partial charge in [0, 0.05) is 26.2 Å². The fourth-order valence-electron chi connectivity index (χ4n) is 3.30. The SMILES string of the molecule is CNCCC1CCN(S(=O)(=O)N2CCCC(C)C2)CC1. The Morgan fingerprint density at radius 1 is 1.10 bits per heavy atom. The van der Waals surface area contributed by atoms with Gasteiger partial charge in [0.05, 0.1) is 0 Å². The predicted molar refractivity (Wildman–Crippen MR) is 81.7 cm³/mol. The van der Waals surface area contributed by atoms with Crippen molar-refractivity contribution in [3.05, 3.63) is 0 Å². The van der Waals surface area contributed by atoms with E-state index in [1.807, 2.05) is 7.05 Å². The minimum Gasteiger partial charge on any atom is -0.320 e. The molecule has 0 aliphatic carbocycles. The van der Waals surface area contributed by atoms with Crippen LogP contribution >= 0.6 is 0 Å². The lowest BCUT2D eigenvalue weighted by Gasteiger charge is -2.37. The van der Waals surface area contributed by atoms with Crippen molar-refractivity contribution < 1.29 is 8.42 Å². The lowest BCUT2D eigenvalue weighted by Crippen LogP contribution is -2.50. The zero-order valence-electron chi connectivity index (χ0n) is 12.8. The summed E-state index contributed by atoms with van der Waals surface area (Å²) in [5.41, 5.74) is 0. The van der Waals surface area contributed by atoms with Gasteiger partial charge in [0.15, 0.2) is 0 Å². The molecule has 0 aromatic carbocycles. The molecule has 118 valence electrons. The van der Waals surface area contributed by atoms with Crippen LogP contribution in [0.25, 0.3) is 0 Å². The maximum Gasteiger partial charge on any atom is 0.281 e. The van der Waals surface area contributed by atoms with E-state index in [9.17, 15) is 8.42 Å². The molecule has 5 nitrogen and oxygen atoms in total. The molecule has 2 aliphatic heterocycles. The lowest BCUT2D eigenvalue weighted by molar-refractivity contribution is 0.223. The topological polar surface area (TPSA) is 52.7 Å². The Morgan fingerprint density at radius 2 is 1.80 bits per heavy atom. The summed E-state index contributed by atoms with van der Waals surface area (Å²) in [6.07, 6.45) is 5.32. The highest BCUT2D eigenvalue weighted by Gasteiger charge is 2.34. The highest BCUT2D eigenvalue weighted by molar-refractivity contribution is 7.86. The minimum atomic E-state index is -3.21. The number of piperidine rings is 2. The average molecular weight is 303 g/mol. The van der Waals surface area contributed by atoms with Crippen LogP contribution in [-0.2, 0) is 10.2 Å². The number of nitrogens with one attached hydrogen (secondary N) is 1. The molecule has 20 heavy (non-hydrogen) atoms. The molecule has 0 radical (unpaired) electrons. The highest BCUT2D eigenvalue weighted by Crippen LogP contribution is 2.26. The van der Waals surface area contributed by atoms with Gasteiger partial charge in [-0.2, -0.15) is 17.0 Å². The van der Waals surface area contributed by atoms with Crippen LogP contribution in [0.15, 0.2) is 0 Å². The Labute approximate surface area is 123 Å². The molecule has 0 amide bonds. The van der Waals surface area contributed by atoms with E-state index >= 15 is 0 Å². The molecule has 1 N–H and O–H groups in total. The van der Waals surface area contributed by atoms with E-state index in [0.717, 1.165) is 38.6 Å². The van der Waals surface area contributed by atoms with E-state index in [4.69, 9.17) is 0 Å². The largest absolute Gasteiger partial charge is 0.320 e. The summed E-state index contributed by atoms with van der Waals surface area (Å²) in [4.78, 5) is 0. The van der Waals surface area contributed by atoms with Gasteiger partial charge < -0.3 is 5.32 Å². The molecule has 2 fully saturated rings. The first-order valence-corrected chi connectivity index (χ1v) is 9.33. The number of rotatable bonds is 5. The zero-order valence-corrected chi connectivity index (χ0v) is 13.7. The zero-order chi connectivity index (χ0) is 14.6. The summed E-state index contributed by atoms with van der Waals surface area (Å²) in [6.45, 7) is 5.96. The lowest BCUT2D eigenvalue weighted by atomic mass is 9.95. The standard InChI is InChI=1S/C14H29N3O2S/c1-13-4-3-9-17(12-13)20(18,19)16-10-6-14(7-11-16)5-8-15-2/h13-15H,3-12H2,1-2H3. The molecule has 0 aromatic heterocycles. The third-order valence-electron chi connectivity index (χ3n) is 4.65. The van der Waals surface area contributed by atoms with Crippen LogP contribution in [0.5, 0.6) is 0 Å². The summed E-state index contributed by atoms with van der Waals surface area (Å²) in [6, 6.07) is 0. The molecule has 0 bridgehead atoms. The van der Waals surface area contributed by atoms with Crippen LogP contribution in [-0.4, -0.2) is 56.8 Å². The first-order valence-electron chi connectivity index (χ1n) is 7.94. The van der Waals surface area contributed by atoms with Gasteiger partial charge in [0.1, 0.15) is 0 Å². The Balaban J connectivity index is 1.88. The van der Waals surface area contributed by atoms with Gasteiger partial charge in [-0.3, -0.25) is 0 Å². The van der Waals surface area contributed by atoms with Gasteiger partial charge in [-0.15, -0.1) is 0 Å². The van der Waals surface area contributed by atoms with Gasteiger partial charge in [0.2, 0.25) is 0 Å². The maximum absolute atomic E-state index is 12.6. The number of hydrogen-bond donors (Lipinski definition) is 1. The van der Waals surface area contributed by atoms with Crippen molar-refractivity contribution in [3.8, 4) is 0 Å². The Hall–Kier alpha value is -0.170. The summed E-state index contributed by atoms with van der Waals surface area (Å²) in [5.74, 6) is 1.17. The second-order valence-electron chi connectivity index (χ2n) is 6.35. The molecule has 2 rings (SSSR count). The predicted octanol–water partition coefficient (Wildman–Crippen LogP) is 1.28. The number of hydrogen-bond acceptors (Lipinski definition) is 3. The second-order valence-corrected chi connectivity index (χ2v) is 8.28. The van der Waals surface area contributed by atoms with Crippen LogP contribution in [0.4, 0.5) is 0 Å². The summed E-state index contributed by atoms with van der Waals surface area (Å²) < 4.78 is 28.7.